The summed E-state index contributed by atoms with van der Waals surface area (Å²) in [6.45, 7) is 1.57. The summed E-state index contributed by atoms with van der Waals surface area (Å²) < 4.78 is 43.2. The second kappa shape index (κ2) is 3.83. The number of ether oxygens (including phenoxy) is 1. The minimum Gasteiger partial charge on any atom is -0.478 e. The lowest BCUT2D eigenvalue weighted by atomic mass is 10.1. The second-order valence-corrected chi connectivity index (χ2v) is 4.73. The van der Waals surface area contributed by atoms with E-state index in [-0.39, 0.29) is 16.2 Å². The van der Waals surface area contributed by atoms with Gasteiger partial charge in [0.15, 0.2) is 0 Å². The summed E-state index contributed by atoms with van der Waals surface area (Å²) in [6.07, 6.45) is -4.51. The zero-order chi connectivity index (χ0) is 12.8. The first-order valence-electron chi connectivity index (χ1n) is 4.61. The van der Waals surface area contributed by atoms with Gasteiger partial charge in [0.05, 0.1) is 10.5 Å². The first-order valence-corrected chi connectivity index (χ1v) is 5.49. The third-order valence-corrected chi connectivity index (χ3v) is 3.28. The zero-order valence-corrected chi connectivity index (χ0v) is 9.35. The molecule has 0 saturated carbocycles. The molecule has 1 unspecified atom stereocenters. The van der Waals surface area contributed by atoms with Crippen molar-refractivity contribution < 1.29 is 27.8 Å². The van der Waals surface area contributed by atoms with Gasteiger partial charge >= 0.3 is 12.1 Å². The fourth-order valence-corrected chi connectivity index (χ4v) is 2.60. The van der Waals surface area contributed by atoms with Crippen molar-refractivity contribution in [2.75, 3.05) is 0 Å². The number of aromatic carboxylic acids is 1. The van der Waals surface area contributed by atoms with Gasteiger partial charge < -0.3 is 9.84 Å². The van der Waals surface area contributed by atoms with Crippen LogP contribution in [0.25, 0.3) is 0 Å². The van der Waals surface area contributed by atoms with Gasteiger partial charge in [0.2, 0.25) is 0 Å². The maximum absolute atomic E-state index is 12.7. The van der Waals surface area contributed by atoms with Crippen molar-refractivity contribution in [1.29, 1.82) is 0 Å². The molecule has 2 rings (SSSR count). The number of alkyl halides is 3. The Bertz CT molecular complexity index is 484. The third kappa shape index (κ3) is 2.06. The van der Waals surface area contributed by atoms with Crippen molar-refractivity contribution >= 4 is 17.7 Å². The molecule has 3 nitrogen and oxygen atoms in total. The van der Waals surface area contributed by atoms with E-state index in [0.29, 0.717) is 0 Å². The van der Waals surface area contributed by atoms with E-state index >= 15 is 0 Å². The highest BCUT2D eigenvalue weighted by molar-refractivity contribution is 8.00. The highest BCUT2D eigenvalue weighted by Crippen LogP contribution is 2.49. The maximum atomic E-state index is 12.7. The van der Waals surface area contributed by atoms with E-state index in [1.165, 1.54) is 0 Å². The third-order valence-electron chi connectivity index (χ3n) is 2.22. The highest BCUT2D eigenvalue weighted by atomic mass is 32.2. The van der Waals surface area contributed by atoms with Gasteiger partial charge in [-0.15, -0.1) is 0 Å². The smallest absolute Gasteiger partial charge is 0.417 e. The van der Waals surface area contributed by atoms with E-state index in [0.717, 1.165) is 23.9 Å². The van der Waals surface area contributed by atoms with Crippen LogP contribution in [-0.2, 0) is 6.18 Å². The minimum atomic E-state index is -4.51. The summed E-state index contributed by atoms with van der Waals surface area (Å²) in [5.41, 5.74) is -1.62. The summed E-state index contributed by atoms with van der Waals surface area (Å²) in [7, 11) is 0. The van der Waals surface area contributed by atoms with E-state index in [2.05, 4.69) is 0 Å². The number of thioether (sulfide) groups is 1. The molecular formula is C10H7F3O3S. The lowest BCUT2D eigenvalue weighted by molar-refractivity contribution is -0.139. The standard InChI is InChI=1S/C10H7F3O3S/c1-4-16-7-5(9(14)15)2-3-6(8(7)17-4)10(11,12)13/h2-4H,1H3,(H,14,15). The predicted octanol–water partition coefficient (Wildman–Crippen LogP) is 3.23. The Labute approximate surface area is 98.6 Å². The van der Waals surface area contributed by atoms with Crippen LogP contribution in [-0.4, -0.2) is 16.5 Å². The summed E-state index contributed by atoms with van der Waals surface area (Å²) >= 11 is 0.871. The lowest BCUT2D eigenvalue weighted by Crippen LogP contribution is -2.08. The molecule has 92 valence electrons. The number of fused-ring (bicyclic) bond motifs is 1. The number of hydrogen-bond acceptors (Lipinski definition) is 3. The molecule has 0 aliphatic carbocycles. The zero-order valence-electron chi connectivity index (χ0n) is 8.54. The number of carbonyl (C=O) groups is 1. The van der Waals surface area contributed by atoms with Crippen LogP contribution >= 0.6 is 11.8 Å². The maximum Gasteiger partial charge on any atom is 0.417 e. The first kappa shape index (κ1) is 12.1. The molecule has 1 heterocycles. The SMILES string of the molecule is CC1Oc2c(C(=O)O)ccc(C(F)(F)F)c2S1. The Balaban J connectivity index is 2.63. The molecule has 1 aliphatic heterocycles. The van der Waals surface area contributed by atoms with Crippen LogP contribution in [0.1, 0.15) is 22.8 Å². The van der Waals surface area contributed by atoms with Crippen LogP contribution in [0.2, 0.25) is 0 Å². The Morgan fingerprint density at radius 1 is 1.47 bits per heavy atom. The number of carboxylic acid groups (broad SMARTS) is 1. The van der Waals surface area contributed by atoms with Gasteiger partial charge in [-0.05, 0) is 19.1 Å². The van der Waals surface area contributed by atoms with Crippen molar-refractivity contribution in [3.63, 3.8) is 0 Å². The minimum absolute atomic E-state index is 0.148. The Hall–Kier alpha value is -1.37. The van der Waals surface area contributed by atoms with Gasteiger partial charge in [-0.25, -0.2) is 4.79 Å². The van der Waals surface area contributed by atoms with E-state index in [1.807, 2.05) is 0 Å². The molecule has 0 amide bonds. The summed E-state index contributed by atoms with van der Waals surface area (Å²) in [5.74, 6) is -1.49. The fourth-order valence-electron chi connectivity index (χ4n) is 1.54. The monoisotopic (exact) mass is 264 g/mol. The molecule has 17 heavy (non-hydrogen) atoms. The van der Waals surface area contributed by atoms with Crippen molar-refractivity contribution in [3.05, 3.63) is 23.3 Å². The number of rotatable bonds is 1. The van der Waals surface area contributed by atoms with Crippen LogP contribution < -0.4 is 4.74 Å². The summed E-state index contributed by atoms with van der Waals surface area (Å²) in [4.78, 5) is 10.7. The molecule has 1 aromatic rings. The molecule has 1 aromatic carbocycles. The van der Waals surface area contributed by atoms with E-state index in [9.17, 15) is 18.0 Å². The van der Waals surface area contributed by atoms with Crippen LogP contribution in [0.4, 0.5) is 13.2 Å². The van der Waals surface area contributed by atoms with Gasteiger partial charge in [0.25, 0.3) is 0 Å². The Morgan fingerprint density at radius 3 is 2.65 bits per heavy atom. The molecule has 0 fully saturated rings. The van der Waals surface area contributed by atoms with Gasteiger partial charge in [0, 0.05) is 0 Å². The van der Waals surface area contributed by atoms with Crippen molar-refractivity contribution in [3.8, 4) is 5.75 Å². The molecule has 1 atom stereocenters. The first-order chi connectivity index (χ1) is 7.80. The van der Waals surface area contributed by atoms with E-state index in [4.69, 9.17) is 9.84 Å². The van der Waals surface area contributed by atoms with Gasteiger partial charge in [-0.1, -0.05) is 11.8 Å². The molecule has 1 N–H and O–H groups in total. The van der Waals surface area contributed by atoms with Crippen LogP contribution in [0, 0.1) is 0 Å². The molecule has 0 aromatic heterocycles. The van der Waals surface area contributed by atoms with Crippen molar-refractivity contribution in [2.45, 2.75) is 23.4 Å². The average Bonchev–Trinajstić information content (AvgIpc) is 2.54. The van der Waals surface area contributed by atoms with E-state index < -0.39 is 23.1 Å². The van der Waals surface area contributed by atoms with E-state index in [1.54, 1.807) is 6.92 Å². The lowest BCUT2D eigenvalue weighted by Gasteiger charge is -2.11. The van der Waals surface area contributed by atoms with Crippen LogP contribution in [0.3, 0.4) is 0 Å². The normalized spacial score (nSPS) is 18.7. The quantitative estimate of drug-likeness (QED) is 0.845. The summed E-state index contributed by atoms with van der Waals surface area (Å²) in [5, 5.41) is 8.86. The molecule has 0 radical (unpaired) electrons. The molecular weight excluding hydrogens is 257 g/mol. The molecule has 0 saturated heterocycles. The Kier molecular flexibility index (Phi) is 2.73. The Morgan fingerprint density at radius 2 is 2.12 bits per heavy atom. The highest BCUT2D eigenvalue weighted by Gasteiger charge is 2.39. The topological polar surface area (TPSA) is 46.5 Å². The van der Waals surface area contributed by atoms with Crippen molar-refractivity contribution in [1.82, 2.24) is 0 Å². The average molecular weight is 264 g/mol. The number of benzene rings is 1. The summed E-state index contributed by atoms with van der Waals surface area (Å²) in [6, 6.07) is 1.69. The van der Waals surface area contributed by atoms with Crippen LogP contribution in [0.15, 0.2) is 17.0 Å². The molecule has 0 spiro atoms. The van der Waals surface area contributed by atoms with Gasteiger partial charge in [-0.3, -0.25) is 0 Å². The molecule has 0 bridgehead atoms. The van der Waals surface area contributed by atoms with Crippen LogP contribution in [0.5, 0.6) is 5.75 Å². The number of carboxylic acids is 1. The number of halogens is 3. The van der Waals surface area contributed by atoms with Gasteiger partial charge in [-0.2, -0.15) is 13.2 Å². The fraction of sp³-hybridized carbons (Fsp3) is 0.300. The largest absolute Gasteiger partial charge is 0.478 e. The molecule has 7 heteroatoms. The van der Waals surface area contributed by atoms with Crippen molar-refractivity contribution in [2.24, 2.45) is 0 Å². The molecule has 1 aliphatic rings. The van der Waals surface area contributed by atoms with Gasteiger partial charge in [0.1, 0.15) is 16.7 Å². The second-order valence-electron chi connectivity index (χ2n) is 3.43. The number of hydrogen-bond donors (Lipinski definition) is 1. The predicted molar refractivity (Wildman–Crippen MR) is 54.4 cm³/mol.